The maximum absolute atomic E-state index is 12.1. The fourth-order valence-corrected chi connectivity index (χ4v) is 0.849. The second-order valence-electron chi connectivity index (χ2n) is 2.36. The lowest BCUT2D eigenvalue weighted by atomic mass is 10.3. The first-order valence-corrected chi connectivity index (χ1v) is 3.51. The van der Waals surface area contributed by atoms with E-state index in [9.17, 15) is 13.2 Å². The van der Waals surface area contributed by atoms with Crippen molar-refractivity contribution >= 4 is 0 Å². The Kier molecular flexibility index (Phi) is 2.60. The number of hydrogen-bond donors (Lipinski definition) is 0. The molecule has 0 N–H and O–H groups in total. The third-order valence-corrected chi connectivity index (χ3v) is 1.47. The summed E-state index contributed by atoms with van der Waals surface area (Å²) in [5.74, 6) is 0.0282. The van der Waals surface area contributed by atoms with Gasteiger partial charge in [0.25, 0.3) is 0 Å². The normalized spacial score (nSPS) is 10.8. The molecule has 0 amide bonds. The molecule has 1 rings (SSSR count). The van der Waals surface area contributed by atoms with Crippen LogP contribution in [0.5, 0.6) is 5.75 Å². The highest BCUT2D eigenvalue weighted by atomic mass is 19.4. The first-order valence-electron chi connectivity index (χ1n) is 3.51. The van der Waals surface area contributed by atoms with E-state index in [0.717, 1.165) is 12.1 Å². The van der Waals surface area contributed by atoms with Crippen molar-refractivity contribution in [2.45, 2.75) is 6.18 Å². The van der Waals surface area contributed by atoms with Gasteiger partial charge in [-0.05, 0) is 12.1 Å². The van der Waals surface area contributed by atoms with Gasteiger partial charge in [0, 0.05) is 0 Å². The summed E-state index contributed by atoms with van der Waals surface area (Å²) >= 11 is 0. The Balaban J connectivity index is 3.23. The molecule has 14 heavy (non-hydrogen) atoms. The number of hydrogen-bond acceptors (Lipinski definition) is 3. The van der Waals surface area contributed by atoms with Crippen LogP contribution in [0.15, 0.2) is 12.1 Å². The summed E-state index contributed by atoms with van der Waals surface area (Å²) in [7, 11) is 1.26. The van der Waals surface area contributed by atoms with Crippen LogP contribution in [-0.4, -0.2) is 12.1 Å². The molecular weight excluding hydrogens is 197 g/mol. The Labute approximate surface area is 77.7 Å². The van der Waals surface area contributed by atoms with Gasteiger partial charge >= 0.3 is 6.18 Å². The average molecular weight is 202 g/mol. The van der Waals surface area contributed by atoms with E-state index in [1.165, 1.54) is 13.2 Å². The minimum Gasteiger partial charge on any atom is -0.494 e. The SMILES string of the molecule is COc1ccc(C(F)(F)F)nc1C#N. The molecule has 0 aromatic carbocycles. The third-order valence-electron chi connectivity index (χ3n) is 1.47. The quantitative estimate of drug-likeness (QED) is 0.699. The Morgan fingerprint density at radius 1 is 1.43 bits per heavy atom. The lowest BCUT2D eigenvalue weighted by Gasteiger charge is -2.07. The van der Waals surface area contributed by atoms with Gasteiger partial charge in [-0.15, -0.1) is 0 Å². The Hall–Kier alpha value is -1.77. The Morgan fingerprint density at radius 2 is 2.07 bits per heavy atom. The molecule has 1 heterocycles. The number of alkyl halides is 3. The fourth-order valence-electron chi connectivity index (χ4n) is 0.849. The molecule has 3 nitrogen and oxygen atoms in total. The fraction of sp³-hybridized carbons (Fsp3) is 0.250. The molecule has 74 valence electrons. The van der Waals surface area contributed by atoms with Crippen LogP contribution >= 0.6 is 0 Å². The van der Waals surface area contributed by atoms with Gasteiger partial charge in [-0.1, -0.05) is 0 Å². The number of nitriles is 1. The van der Waals surface area contributed by atoms with Gasteiger partial charge in [-0.25, -0.2) is 4.98 Å². The van der Waals surface area contributed by atoms with Crippen LogP contribution in [0.3, 0.4) is 0 Å². The van der Waals surface area contributed by atoms with Crippen molar-refractivity contribution in [1.82, 2.24) is 4.98 Å². The standard InChI is InChI=1S/C8H5F3N2O/c1-14-6-2-3-7(8(9,10)11)13-5(6)4-12/h2-3H,1H3. The van der Waals surface area contributed by atoms with Gasteiger partial charge in [-0.3, -0.25) is 0 Å². The molecule has 0 aliphatic heterocycles. The highest BCUT2D eigenvalue weighted by Gasteiger charge is 2.33. The lowest BCUT2D eigenvalue weighted by molar-refractivity contribution is -0.141. The van der Waals surface area contributed by atoms with Crippen molar-refractivity contribution in [2.75, 3.05) is 7.11 Å². The van der Waals surface area contributed by atoms with Gasteiger partial charge < -0.3 is 4.74 Å². The second kappa shape index (κ2) is 3.54. The first-order chi connectivity index (χ1) is 6.49. The van der Waals surface area contributed by atoms with Crippen LogP contribution in [0.25, 0.3) is 0 Å². The zero-order valence-corrected chi connectivity index (χ0v) is 7.09. The van der Waals surface area contributed by atoms with Gasteiger partial charge in [-0.2, -0.15) is 18.4 Å². The smallest absolute Gasteiger partial charge is 0.433 e. The number of halogens is 3. The Bertz CT molecular complexity index is 381. The minimum absolute atomic E-state index is 0.0282. The van der Waals surface area contributed by atoms with Crippen molar-refractivity contribution in [3.05, 3.63) is 23.5 Å². The highest BCUT2D eigenvalue weighted by Crippen LogP contribution is 2.29. The van der Waals surface area contributed by atoms with E-state index in [1.54, 1.807) is 0 Å². The molecule has 0 atom stereocenters. The Morgan fingerprint density at radius 3 is 2.50 bits per heavy atom. The number of methoxy groups -OCH3 is 1. The van der Waals surface area contributed by atoms with E-state index in [1.807, 2.05) is 0 Å². The molecule has 0 radical (unpaired) electrons. The molecule has 0 fully saturated rings. The second-order valence-corrected chi connectivity index (χ2v) is 2.36. The van der Waals surface area contributed by atoms with E-state index in [4.69, 9.17) is 5.26 Å². The molecule has 1 aromatic rings. The molecule has 0 saturated heterocycles. The summed E-state index contributed by atoms with van der Waals surface area (Å²) in [5.41, 5.74) is -1.47. The number of ether oxygens (including phenoxy) is 1. The van der Waals surface area contributed by atoms with Crippen LogP contribution < -0.4 is 4.74 Å². The zero-order valence-electron chi connectivity index (χ0n) is 7.09. The van der Waals surface area contributed by atoms with Crippen LogP contribution in [0.4, 0.5) is 13.2 Å². The summed E-state index contributed by atoms with van der Waals surface area (Å²) in [6.45, 7) is 0. The maximum atomic E-state index is 12.1. The van der Waals surface area contributed by atoms with Gasteiger partial charge in [0.1, 0.15) is 11.8 Å². The average Bonchev–Trinajstić information content (AvgIpc) is 2.15. The topological polar surface area (TPSA) is 45.9 Å². The highest BCUT2D eigenvalue weighted by molar-refractivity contribution is 5.38. The molecule has 0 aliphatic carbocycles. The third kappa shape index (κ3) is 1.93. The van der Waals surface area contributed by atoms with E-state index in [0.29, 0.717) is 0 Å². The number of pyridine rings is 1. The number of nitrogens with zero attached hydrogens (tertiary/aromatic N) is 2. The van der Waals surface area contributed by atoms with Crippen LogP contribution in [0, 0.1) is 11.3 Å². The maximum Gasteiger partial charge on any atom is 0.433 e. The summed E-state index contributed by atoms with van der Waals surface area (Å²) in [6, 6.07) is 3.35. The number of rotatable bonds is 1. The molecule has 0 unspecified atom stereocenters. The summed E-state index contributed by atoms with van der Waals surface area (Å²) < 4.78 is 41.0. The van der Waals surface area contributed by atoms with Crippen molar-refractivity contribution in [1.29, 1.82) is 5.26 Å². The molecule has 0 spiro atoms. The van der Waals surface area contributed by atoms with E-state index in [2.05, 4.69) is 9.72 Å². The lowest BCUT2D eigenvalue weighted by Crippen LogP contribution is -2.09. The van der Waals surface area contributed by atoms with E-state index < -0.39 is 11.9 Å². The van der Waals surface area contributed by atoms with Crippen molar-refractivity contribution in [3.8, 4) is 11.8 Å². The molecule has 0 saturated carbocycles. The largest absolute Gasteiger partial charge is 0.494 e. The van der Waals surface area contributed by atoms with Gasteiger partial charge in [0.15, 0.2) is 11.4 Å². The van der Waals surface area contributed by atoms with Crippen molar-refractivity contribution in [3.63, 3.8) is 0 Å². The van der Waals surface area contributed by atoms with Crippen LogP contribution in [-0.2, 0) is 6.18 Å². The van der Waals surface area contributed by atoms with Crippen molar-refractivity contribution in [2.24, 2.45) is 0 Å². The van der Waals surface area contributed by atoms with Crippen LogP contribution in [0.2, 0.25) is 0 Å². The molecule has 0 bridgehead atoms. The first kappa shape index (κ1) is 10.3. The monoisotopic (exact) mass is 202 g/mol. The molecule has 6 heteroatoms. The predicted octanol–water partition coefficient (Wildman–Crippen LogP) is 1.98. The van der Waals surface area contributed by atoms with Crippen molar-refractivity contribution < 1.29 is 17.9 Å². The summed E-state index contributed by atoms with van der Waals surface area (Å²) in [6.07, 6.45) is -4.54. The van der Waals surface area contributed by atoms with Gasteiger partial charge in [0.05, 0.1) is 7.11 Å². The van der Waals surface area contributed by atoms with Crippen LogP contribution in [0.1, 0.15) is 11.4 Å². The van der Waals surface area contributed by atoms with E-state index in [-0.39, 0.29) is 11.4 Å². The zero-order chi connectivity index (χ0) is 10.8. The molecule has 0 aliphatic rings. The molecular formula is C8H5F3N2O. The predicted molar refractivity (Wildman–Crippen MR) is 40.5 cm³/mol. The molecule has 1 aromatic heterocycles. The van der Waals surface area contributed by atoms with Gasteiger partial charge in [0.2, 0.25) is 0 Å². The minimum atomic E-state index is -4.54. The summed E-state index contributed by atoms with van der Waals surface area (Å²) in [4.78, 5) is 3.12. The number of aromatic nitrogens is 1. The summed E-state index contributed by atoms with van der Waals surface area (Å²) in [5, 5.41) is 8.48. The van der Waals surface area contributed by atoms with E-state index >= 15 is 0 Å².